The third kappa shape index (κ3) is 2.73. The van der Waals surface area contributed by atoms with Crippen molar-refractivity contribution in [3.63, 3.8) is 0 Å². The molecular weight excluding hydrogens is 266 g/mol. The molecule has 2 aliphatic rings. The Kier molecular flexibility index (Phi) is 3.35. The van der Waals surface area contributed by atoms with Crippen molar-refractivity contribution in [1.29, 1.82) is 0 Å². The Morgan fingerprint density at radius 3 is 1.95 bits per heavy atom. The lowest BCUT2D eigenvalue weighted by atomic mass is 9.98. The summed E-state index contributed by atoms with van der Waals surface area (Å²) < 4.78 is 0. The van der Waals surface area contributed by atoms with Crippen LogP contribution >= 0.6 is 0 Å². The Hall–Kier alpha value is -2.04. The maximum atomic E-state index is 11.7. The van der Waals surface area contributed by atoms with E-state index in [9.17, 15) is 9.59 Å². The number of hydrogen-bond donors (Lipinski definition) is 3. The highest BCUT2D eigenvalue weighted by Gasteiger charge is 2.42. The van der Waals surface area contributed by atoms with E-state index >= 15 is 0 Å². The van der Waals surface area contributed by atoms with Gasteiger partial charge in [0.15, 0.2) is 0 Å². The second-order valence-corrected chi connectivity index (χ2v) is 6.23. The zero-order valence-electron chi connectivity index (χ0n) is 12.2. The van der Waals surface area contributed by atoms with Crippen LogP contribution in [0.4, 0.5) is 5.69 Å². The van der Waals surface area contributed by atoms with E-state index in [1.165, 1.54) is 25.7 Å². The average Bonchev–Trinajstić information content (AvgIpc) is 3.27. The van der Waals surface area contributed by atoms with Crippen LogP contribution in [0.5, 0.6) is 0 Å². The Morgan fingerprint density at radius 1 is 1.05 bits per heavy atom. The number of amides is 2. The van der Waals surface area contributed by atoms with Gasteiger partial charge in [0.25, 0.3) is 5.91 Å². The van der Waals surface area contributed by atoms with Crippen molar-refractivity contribution in [1.82, 2.24) is 0 Å². The number of carbonyl (C=O) groups is 2. The van der Waals surface area contributed by atoms with E-state index in [0.29, 0.717) is 40.3 Å². The van der Waals surface area contributed by atoms with Crippen molar-refractivity contribution < 1.29 is 9.59 Å². The van der Waals surface area contributed by atoms with Gasteiger partial charge in [-0.2, -0.15) is 0 Å². The predicted octanol–water partition coefficient (Wildman–Crippen LogP) is 1.79. The van der Waals surface area contributed by atoms with E-state index in [1.54, 1.807) is 12.1 Å². The third-order valence-electron chi connectivity index (χ3n) is 4.57. The molecule has 2 saturated carbocycles. The summed E-state index contributed by atoms with van der Waals surface area (Å²) in [6.45, 7) is 1.81. The van der Waals surface area contributed by atoms with Crippen LogP contribution in [0, 0.1) is 18.8 Å². The van der Waals surface area contributed by atoms with Crippen LogP contribution in [0.25, 0.3) is 0 Å². The first-order valence-electron chi connectivity index (χ1n) is 7.48. The van der Waals surface area contributed by atoms with Crippen LogP contribution in [-0.2, 0) is 0 Å². The highest BCUT2D eigenvalue weighted by Crippen LogP contribution is 2.46. The van der Waals surface area contributed by atoms with E-state index in [0.717, 1.165) is 0 Å². The molecule has 2 aliphatic carbocycles. The number of primary amides is 2. The summed E-state index contributed by atoms with van der Waals surface area (Å²) in [7, 11) is 0. The normalized spacial score (nSPS) is 17.8. The second-order valence-electron chi connectivity index (χ2n) is 6.23. The molecule has 0 radical (unpaired) electrons. The minimum absolute atomic E-state index is 0.380. The van der Waals surface area contributed by atoms with E-state index < -0.39 is 11.8 Å². The summed E-state index contributed by atoms with van der Waals surface area (Å²) >= 11 is 0. The lowest BCUT2D eigenvalue weighted by Crippen LogP contribution is -2.28. The van der Waals surface area contributed by atoms with Crippen molar-refractivity contribution in [2.45, 2.75) is 38.6 Å². The van der Waals surface area contributed by atoms with Gasteiger partial charge in [0.05, 0.1) is 11.3 Å². The predicted molar refractivity (Wildman–Crippen MR) is 81.1 cm³/mol. The van der Waals surface area contributed by atoms with Crippen molar-refractivity contribution in [3.05, 3.63) is 28.8 Å². The monoisotopic (exact) mass is 287 g/mol. The SMILES string of the molecule is Cc1c(C(N)=O)ccc(C(N)=O)c1NC(C1CC1)C1CC1. The molecule has 2 amide bonds. The molecule has 2 fully saturated rings. The minimum Gasteiger partial charge on any atom is -0.381 e. The lowest BCUT2D eigenvalue weighted by Gasteiger charge is -2.23. The fourth-order valence-electron chi connectivity index (χ4n) is 3.07. The number of hydrogen-bond acceptors (Lipinski definition) is 3. The molecule has 5 N–H and O–H groups in total. The van der Waals surface area contributed by atoms with Crippen molar-refractivity contribution in [2.24, 2.45) is 23.3 Å². The van der Waals surface area contributed by atoms with Gasteiger partial charge in [-0.1, -0.05) is 0 Å². The first-order valence-corrected chi connectivity index (χ1v) is 7.48. The van der Waals surface area contributed by atoms with Gasteiger partial charge in [0.1, 0.15) is 0 Å². The number of carbonyl (C=O) groups excluding carboxylic acids is 2. The smallest absolute Gasteiger partial charge is 0.250 e. The molecular formula is C16H21N3O2. The Morgan fingerprint density at radius 2 is 1.52 bits per heavy atom. The van der Waals surface area contributed by atoms with Gasteiger partial charge in [-0.05, 0) is 62.1 Å². The van der Waals surface area contributed by atoms with Gasteiger partial charge < -0.3 is 16.8 Å². The number of anilines is 1. The van der Waals surface area contributed by atoms with Crippen molar-refractivity contribution >= 4 is 17.5 Å². The molecule has 0 saturated heterocycles. The zero-order chi connectivity index (χ0) is 15.1. The van der Waals surface area contributed by atoms with Crippen molar-refractivity contribution in [3.8, 4) is 0 Å². The van der Waals surface area contributed by atoms with Gasteiger partial charge in [0.2, 0.25) is 5.91 Å². The molecule has 0 bridgehead atoms. The molecule has 0 aliphatic heterocycles. The lowest BCUT2D eigenvalue weighted by molar-refractivity contribution is 0.0988. The van der Waals surface area contributed by atoms with Crippen LogP contribution in [0.1, 0.15) is 52.0 Å². The number of benzene rings is 1. The maximum Gasteiger partial charge on any atom is 0.250 e. The molecule has 1 aromatic rings. The summed E-state index contributed by atoms with van der Waals surface area (Å²) in [6, 6.07) is 3.55. The standard InChI is InChI=1S/C16H21N3O2/c1-8-11(15(17)20)6-7-12(16(18)21)13(8)19-14(9-2-3-9)10-4-5-10/h6-7,9-10,14,19H,2-5H2,1H3,(H2,17,20)(H2,18,21). The van der Waals surface area contributed by atoms with Crippen LogP contribution in [0.2, 0.25) is 0 Å². The highest BCUT2D eigenvalue weighted by molar-refractivity contribution is 6.03. The van der Waals surface area contributed by atoms with E-state index in [2.05, 4.69) is 5.32 Å². The van der Waals surface area contributed by atoms with Gasteiger partial charge in [-0.3, -0.25) is 9.59 Å². The molecule has 3 rings (SSSR count). The molecule has 0 heterocycles. The summed E-state index contributed by atoms with van der Waals surface area (Å²) in [5.74, 6) is 0.382. The first-order chi connectivity index (χ1) is 9.99. The minimum atomic E-state index is -0.485. The zero-order valence-corrected chi connectivity index (χ0v) is 12.2. The van der Waals surface area contributed by atoms with E-state index in [4.69, 9.17) is 11.5 Å². The Labute approximate surface area is 124 Å². The number of nitrogens with one attached hydrogen (secondary N) is 1. The topological polar surface area (TPSA) is 98.2 Å². The average molecular weight is 287 g/mol. The third-order valence-corrected chi connectivity index (χ3v) is 4.57. The molecule has 0 aromatic heterocycles. The fourth-order valence-corrected chi connectivity index (χ4v) is 3.07. The summed E-state index contributed by atoms with van der Waals surface area (Å²) in [4.78, 5) is 23.2. The molecule has 5 nitrogen and oxygen atoms in total. The summed E-state index contributed by atoms with van der Waals surface area (Å²) in [5, 5.41) is 3.51. The molecule has 1 aromatic carbocycles. The molecule has 0 spiro atoms. The molecule has 0 unspecified atom stereocenters. The van der Waals surface area contributed by atoms with Crippen LogP contribution in [0.3, 0.4) is 0 Å². The largest absolute Gasteiger partial charge is 0.381 e. The van der Waals surface area contributed by atoms with E-state index in [1.807, 2.05) is 6.92 Å². The number of rotatable bonds is 6. The summed E-state index contributed by atoms with van der Waals surface area (Å²) in [5.41, 5.74) is 13.1. The van der Waals surface area contributed by atoms with Gasteiger partial charge in [-0.25, -0.2) is 0 Å². The molecule has 5 heteroatoms. The number of nitrogens with two attached hydrogens (primary N) is 2. The van der Waals surface area contributed by atoms with Crippen LogP contribution in [0.15, 0.2) is 12.1 Å². The summed E-state index contributed by atoms with van der Waals surface area (Å²) in [6.07, 6.45) is 4.92. The van der Waals surface area contributed by atoms with Gasteiger partial charge in [-0.15, -0.1) is 0 Å². The fraction of sp³-hybridized carbons (Fsp3) is 0.500. The quantitative estimate of drug-likeness (QED) is 0.744. The first kappa shape index (κ1) is 13.9. The second kappa shape index (κ2) is 5.06. The maximum absolute atomic E-state index is 11.7. The highest BCUT2D eigenvalue weighted by atomic mass is 16.1. The Bertz CT molecular complexity index is 592. The van der Waals surface area contributed by atoms with Crippen molar-refractivity contribution in [2.75, 3.05) is 5.32 Å². The molecule has 112 valence electrons. The van der Waals surface area contributed by atoms with Crippen LogP contribution < -0.4 is 16.8 Å². The van der Waals surface area contributed by atoms with Gasteiger partial charge >= 0.3 is 0 Å². The Balaban J connectivity index is 1.98. The molecule has 21 heavy (non-hydrogen) atoms. The van der Waals surface area contributed by atoms with E-state index in [-0.39, 0.29) is 0 Å². The van der Waals surface area contributed by atoms with Crippen LogP contribution in [-0.4, -0.2) is 17.9 Å². The molecule has 0 atom stereocenters. The van der Waals surface area contributed by atoms with Gasteiger partial charge in [0, 0.05) is 11.6 Å².